The number of pyridine rings is 1. The quantitative estimate of drug-likeness (QED) is 0.835. The van der Waals surface area contributed by atoms with Crippen LogP contribution in [0.2, 0.25) is 0 Å². The fraction of sp³-hybridized carbons (Fsp3) is 0.143. The molecule has 0 radical (unpaired) electrons. The summed E-state index contributed by atoms with van der Waals surface area (Å²) in [6, 6.07) is 10.9. The molecule has 4 heteroatoms. The van der Waals surface area contributed by atoms with Crippen LogP contribution in [0.4, 0.5) is 5.69 Å². The van der Waals surface area contributed by atoms with E-state index in [1.54, 1.807) is 36.5 Å². The van der Waals surface area contributed by atoms with E-state index >= 15 is 0 Å². The maximum atomic E-state index is 12.1. The molecule has 0 fully saturated rings. The van der Waals surface area contributed by atoms with Crippen LogP contribution in [0.1, 0.15) is 15.9 Å². The van der Waals surface area contributed by atoms with Crippen molar-refractivity contribution in [2.24, 2.45) is 0 Å². The number of hydrogen-bond donors (Lipinski definition) is 1. The molecule has 0 unspecified atom stereocenters. The van der Waals surface area contributed by atoms with Gasteiger partial charge in [0.05, 0.1) is 0 Å². The lowest BCUT2D eigenvalue weighted by Crippen LogP contribution is -2.26. The molecule has 0 aliphatic rings. The highest BCUT2D eigenvalue weighted by atomic mass is 16.2. The van der Waals surface area contributed by atoms with E-state index in [1.165, 1.54) is 0 Å². The van der Waals surface area contributed by atoms with Gasteiger partial charge in [0.15, 0.2) is 0 Å². The number of nitrogen functional groups attached to an aromatic ring is 1. The second-order valence-corrected chi connectivity index (χ2v) is 4.14. The topological polar surface area (TPSA) is 59.2 Å². The Morgan fingerprint density at radius 3 is 2.39 bits per heavy atom. The summed E-state index contributed by atoms with van der Waals surface area (Å²) in [5.41, 5.74) is 8.04. The van der Waals surface area contributed by atoms with Crippen molar-refractivity contribution in [3.63, 3.8) is 0 Å². The van der Waals surface area contributed by atoms with Crippen molar-refractivity contribution < 1.29 is 4.79 Å². The van der Waals surface area contributed by atoms with E-state index in [0.717, 1.165) is 11.3 Å². The third-order valence-electron chi connectivity index (χ3n) is 2.67. The number of rotatable bonds is 3. The van der Waals surface area contributed by atoms with Gasteiger partial charge in [0.2, 0.25) is 0 Å². The van der Waals surface area contributed by atoms with Crippen LogP contribution < -0.4 is 5.73 Å². The Bertz CT molecular complexity index is 522. The van der Waals surface area contributed by atoms with Gasteiger partial charge in [0.1, 0.15) is 0 Å². The van der Waals surface area contributed by atoms with Crippen LogP contribution in [0, 0.1) is 0 Å². The highest BCUT2D eigenvalue weighted by molar-refractivity contribution is 5.93. The summed E-state index contributed by atoms with van der Waals surface area (Å²) in [6.45, 7) is 0.557. The molecule has 2 N–H and O–H groups in total. The molecule has 4 nitrogen and oxygen atoms in total. The Kier molecular flexibility index (Phi) is 3.57. The van der Waals surface area contributed by atoms with Crippen LogP contribution in [0.25, 0.3) is 0 Å². The van der Waals surface area contributed by atoms with E-state index in [2.05, 4.69) is 4.98 Å². The normalized spacial score (nSPS) is 10.1. The molecule has 0 spiro atoms. The standard InChI is InChI=1S/C14H15N3O/c1-17(10-11-2-4-13(15)5-3-11)14(18)12-6-8-16-9-7-12/h2-9H,10,15H2,1H3. The molecule has 92 valence electrons. The predicted octanol–water partition coefficient (Wildman–Crippen LogP) is 1.94. The van der Waals surface area contributed by atoms with Crippen molar-refractivity contribution in [1.29, 1.82) is 0 Å². The van der Waals surface area contributed by atoms with Gasteiger partial charge in [-0.2, -0.15) is 0 Å². The smallest absolute Gasteiger partial charge is 0.254 e. The van der Waals surface area contributed by atoms with Gasteiger partial charge in [-0.1, -0.05) is 12.1 Å². The highest BCUT2D eigenvalue weighted by Crippen LogP contribution is 2.10. The molecule has 0 atom stereocenters. The van der Waals surface area contributed by atoms with Crippen LogP contribution in [0.15, 0.2) is 48.8 Å². The SMILES string of the molecule is CN(Cc1ccc(N)cc1)C(=O)c1ccncc1. The molecule has 1 heterocycles. The molecule has 0 aliphatic heterocycles. The van der Waals surface area contributed by atoms with Gasteiger partial charge in [-0.3, -0.25) is 9.78 Å². The van der Waals surface area contributed by atoms with E-state index < -0.39 is 0 Å². The zero-order valence-corrected chi connectivity index (χ0v) is 10.2. The Morgan fingerprint density at radius 1 is 1.17 bits per heavy atom. The number of nitrogens with zero attached hydrogens (tertiary/aromatic N) is 2. The summed E-state index contributed by atoms with van der Waals surface area (Å²) in [4.78, 5) is 17.7. The van der Waals surface area contributed by atoms with Crippen molar-refractivity contribution >= 4 is 11.6 Å². The molecule has 1 aromatic heterocycles. The van der Waals surface area contributed by atoms with Gasteiger partial charge in [-0.15, -0.1) is 0 Å². The maximum absolute atomic E-state index is 12.1. The summed E-state index contributed by atoms with van der Waals surface area (Å²) < 4.78 is 0. The van der Waals surface area contributed by atoms with E-state index in [9.17, 15) is 4.79 Å². The maximum Gasteiger partial charge on any atom is 0.254 e. The van der Waals surface area contributed by atoms with Crippen molar-refractivity contribution in [3.8, 4) is 0 Å². The van der Waals surface area contributed by atoms with Gasteiger partial charge in [0, 0.05) is 37.2 Å². The molecular formula is C14H15N3O. The van der Waals surface area contributed by atoms with Gasteiger partial charge in [-0.25, -0.2) is 0 Å². The van der Waals surface area contributed by atoms with E-state index in [1.807, 2.05) is 24.3 Å². The average molecular weight is 241 g/mol. The summed E-state index contributed by atoms with van der Waals surface area (Å²) in [5.74, 6) is -0.0192. The van der Waals surface area contributed by atoms with Crippen molar-refractivity contribution in [1.82, 2.24) is 9.88 Å². The van der Waals surface area contributed by atoms with Crippen LogP contribution in [-0.2, 0) is 6.54 Å². The van der Waals surface area contributed by atoms with Gasteiger partial charge >= 0.3 is 0 Å². The number of benzene rings is 1. The molecule has 0 aliphatic carbocycles. The number of nitrogens with two attached hydrogens (primary N) is 1. The van der Waals surface area contributed by atoms with Gasteiger partial charge < -0.3 is 10.6 Å². The first-order valence-electron chi connectivity index (χ1n) is 5.67. The fourth-order valence-corrected chi connectivity index (χ4v) is 1.68. The lowest BCUT2D eigenvalue weighted by Gasteiger charge is -2.17. The zero-order chi connectivity index (χ0) is 13.0. The van der Waals surface area contributed by atoms with Crippen LogP contribution >= 0.6 is 0 Å². The minimum absolute atomic E-state index is 0.0192. The lowest BCUT2D eigenvalue weighted by molar-refractivity contribution is 0.0785. The Morgan fingerprint density at radius 2 is 1.78 bits per heavy atom. The zero-order valence-electron chi connectivity index (χ0n) is 10.2. The molecular weight excluding hydrogens is 226 g/mol. The molecule has 2 rings (SSSR count). The van der Waals surface area contributed by atoms with Gasteiger partial charge in [0.25, 0.3) is 5.91 Å². The Labute approximate surface area is 106 Å². The first kappa shape index (κ1) is 12.1. The second kappa shape index (κ2) is 5.31. The monoisotopic (exact) mass is 241 g/mol. The molecule has 0 saturated carbocycles. The molecule has 18 heavy (non-hydrogen) atoms. The number of carbonyl (C=O) groups excluding carboxylic acids is 1. The van der Waals surface area contributed by atoms with E-state index in [4.69, 9.17) is 5.73 Å². The number of anilines is 1. The third kappa shape index (κ3) is 2.85. The van der Waals surface area contributed by atoms with Crippen LogP contribution in [0.5, 0.6) is 0 Å². The molecule has 0 bridgehead atoms. The summed E-state index contributed by atoms with van der Waals surface area (Å²) >= 11 is 0. The van der Waals surface area contributed by atoms with Crippen LogP contribution in [-0.4, -0.2) is 22.8 Å². The van der Waals surface area contributed by atoms with Crippen LogP contribution in [0.3, 0.4) is 0 Å². The molecule has 0 saturated heterocycles. The molecule has 1 amide bonds. The summed E-state index contributed by atoms with van der Waals surface area (Å²) in [5, 5.41) is 0. The van der Waals surface area contributed by atoms with Crippen molar-refractivity contribution in [2.45, 2.75) is 6.54 Å². The largest absolute Gasteiger partial charge is 0.399 e. The second-order valence-electron chi connectivity index (χ2n) is 4.14. The van der Waals surface area contributed by atoms with E-state index in [0.29, 0.717) is 12.1 Å². The first-order chi connectivity index (χ1) is 8.66. The average Bonchev–Trinajstić information content (AvgIpc) is 2.41. The van der Waals surface area contributed by atoms with Gasteiger partial charge in [-0.05, 0) is 29.8 Å². The number of carbonyl (C=O) groups is 1. The number of amides is 1. The number of hydrogen-bond acceptors (Lipinski definition) is 3. The molecule has 2 aromatic rings. The highest BCUT2D eigenvalue weighted by Gasteiger charge is 2.11. The Balaban J connectivity index is 2.06. The van der Waals surface area contributed by atoms with Crippen molar-refractivity contribution in [3.05, 3.63) is 59.9 Å². The Hall–Kier alpha value is -2.36. The minimum atomic E-state index is -0.0192. The molecule has 1 aromatic carbocycles. The number of aromatic nitrogens is 1. The summed E-state index contributed by atoms with van der Waals surface area (Å²) in [6.07, 6.45) is 3.23. The summed E-state index contributed by atoms with van der Waals surface area (Å²) in [7, 11) is 1.78. The van der Waals surface area contributed by atoms with E-state index in [-0.39, 0.29) is 5.91 Å². The third-order valence-corrected chi connectivity index (χ3v) is 2.67. The first-order valence-corrected chi connectivity index (χ1v) is 5.67. The fourth-order valence-electron chi connectivity index (χ4n) is 1.68. The predicted molar refractivity (Wildman–Crippen MR) is 70.9 cm³/mol. The van der Waals surface area contributed by atoms with Crippen molar-refractivity contribution in [2.75, 3.05) is 12.8 Å². The lowest BCUT2D eigenvalue weighted by atomic mass is 10.2. The minimum Gasteiger partial charge on any atom is -0.399 e.